The lowest BCUT2D eigenvalue weighted by molar-refractivity contribution is 0.142. The average Bonchev–Trinajstić information content (AvgIpc) is 2.98. The average molecular weight is 294 g/mol. The number of aryl methyl sites for hydroxylation is 3. The molecule has 1 N–H and O–H groups in total. The summed E-state index contributed by atoms with van der Waals surface area (Å²) in [6.45, 7) is 9.34. The van der Waals surface area contributed by atoms with Crippen molar-refractivity contribution >= 4 is 17.3 Å². The summed E-state index contributed by atoms with van der Waals surface area (Å²) in [4.78, 5) is 10.1. The highest BCUT2D eigenvalue weighted by atomic mass is 32.1. The zero-order valence-electron chi connectivity index (χ0n) is 12.3. The van der Waals surface area contributed by atoms with E-state index in [-0.39, 0.29) is 0 Å². The first-order valence-corrected chi connectivity index (χ1v) is 7.83. The minimum absolute atomic E-state index is 0.776. The molecule has 20 heavy (non-hydrogen) atoms. The Labute approximate surface area is 124 Å². The molecule has 0 aliphatic heterocycles. The van der Waals surface area contributed by atoms with Crippen LogP contribution < -0.4 is 5.32 Å². The third-order valence-electron chi connectivity index (χ3n) is 3.04. The van der Waals surface area contributed by atoms with Gasteiger partial charge < -0.3 is 14.6 Å². The molecule has 2 heterocycles. The number of aromatic nitrogens is 3. The van der Waals surface area contributed by atoms with Gasteiger partial charge in [0.2, 0.25) is 5.95 Å². The van der Waals surface area contributed by atoms with Crippen LogP contribution >= 0.6 is 11.3 Å². The normalized spacial score (nSPS) is 10.9. The second-order valence-corrected chi connectivity index (χ2v) is 5.60. The molecule has 0 amide bonds. The van der Waals surface area contributed by atoms with Gasteiger partial charge in [0.1, 0.15) is 0 Å². The van der Waals surface area contributed by atoms with Crippen LogP contribution in [0.4, 0.5) is 5.95 Å². The third kappa shape index (κ3) is 4.05. The lowest BCUT2D eigenvalue weighted by Crippen LogP contribution is -2.08. The van der Waals surface area contributed by atoms with Gasteiger partial charge in [-0.3, -0.25) is 0 Å². The van der Waals surface area contributed by atoms with E-state index in [2.05, 4.69) is 26.0 Å². The Morgan fingerprint density at radius 2 is 2.25 bits per heavy atom. The topological polar surface area (TPSA) is 52.0 Å². The summed E-state index contributed by atoms with van der Waals surface area (Å²) in [5.41, 5.74) is 4.00. The van der Waals surface area contributed by atoms with Gasteiger partial charge in [-0.15, -0.1) is 11.3 Å². The van der Waals surface area contributed by atoms with Crippen molar-refractivity contribution in [2.75, 3.05) is 18.5 Å². The van der Waals surface area contributed by atoms with Crippen molar-refractivity contribution in [3.05, 3.63) is 28.0 Å². The van der Waals surface area contributed by atoms with Crippen molar-refractivity contribution in [3.63, 3.8) is 0 Å². The van der Waals surface area contributed by atoms with Crippen molar-refractivity contribution in [3.8, 4) is 0 Å². The summed E-state index contributed by atoms with van der Waals surface area (Å²) in [5, 5.41) is 3.40. The van der Waals surface area contributed by atoms with Gasteiger partial charge in [-0.05, 0) is 27.2 Å². The summed E-state index contributed by atoms with van der Waals surface area (Å²) < 4.78 is 7.53. The van der Waals surface area contributed by atoms with Crippen LogP contribution in [0.25, 0.3) is 0 Å². The summed E-state index contributed by atoms with van der Waals surface area (Å²) in [6.07, 6.45) is 3.08. The Balaban J connectivity index is 1.91. The Hall–Kier alpha value is -1.40. The van der Waals surface area contributed by atoms with Gasteiger partial charge >= 0.3 is 0 Å². The molecule has 0 bridgehead atoms. The van der Waals surface area contributed by atoms with Crippen LogP contribution in [0.5, 0.6) is 0 Å². The molecule has 6 heteroatoms. The molecule has 0 spiro atoms. The molecule has 0 fully saturated rings. The zero-order valence-corrected chi connectivity index (χ0v) is 13.2. The van der Waals surface area contributed by atoms with Crippen LogP contribution in [0.3, 0.4) is 0 Å². The molecule has 0 saturated heterocycles. The Bertz CT molecular complexity index is 535. The Morgan fingerprint density at radius 1 is 1.40 bits per heavy atom. The highest BCUT2D eigenvalue weighted by Crippen LogP contribution is 2.15. The van der Waals surface area contributed by atoms with E-state index in [4.69, 9.17) is 4.74 Å². The minimum atomic E-state index is 0.776. The molecule has 0 saturated carbocycles. The number of ether oxygens (including phenoxy) is 1. The van der Waals surface area contributed by atoms with Crippen molar-refractivity contribution in [2.24, 2.45) is 0 Å². The number of imidazole rings is 1. The Kier molecular flexibility index (Phi) is 5.55. The van der Waals surface area contributed by atoms with Gasteiger partial charge in [0.05, 0.1) is 23.4 Å². The molecule has 0 atom stereocenters. The third-order valence-corrected chi connectivity index (χ3v) is 3.98. The fourth-order valence-electron chi connectivity index (χ4n) is 1.99. The summed E-state index contributed by atoms with van der Waals surface area (Å²) in [7, 11) is 0. The molecule has 110 valence electrons. The van der Waals surface area contributed by atoms with Crippen LogP contribution in [0.2, 0.25) is 0 Å². The lowest BCUT2D eigenvalue weighted by atomic mass is 10.4. The monoisotopic (exact) mass is 294 g/mol. The maximum Gasteiger partial charge on any atom is 0.203 e. The molecule has 5 nitrogen and oxygen atoms in total. The molecule has 2 aromatic heterocycles. The second-order valence-electron chi connectivity index (χ2n) is 4.66. The van der Waals surface area contributed by atoms with Gasteiger partial charge in [-0.1, -0.05) is 0 Å². The smallest absolute Gasteiger partial charge is 0.203 e. The van der Waals surface area contributed by atoms with Crippen LogP contribution in [-0.4, -0.2) is 27.7 Å². The summed E-state index contributed by atoms with van der Waals surface area (Å²) in [6, 6.07) is 0. The van der Waals surface area contributed by atoms with Gasteiger partial charge in [-0.2, -0.15) is 0 Å². The molecular formula is C14H22N4OS. The number of thiazole rings is 1. The number of hydrogen-bond donors (Lipinski definition) is 1. The fourth-order valence-corrected chi connectivity index (χ4v) is 2.71. The van der Waals surface area contributed by atoms with E-state index in [1.807, 2.05) is 26.3 Å². The van der Waals surface area contributed by atoms with Gasteiger partial charge in [0.15, 0.2) is 0 Å². The van der Waals surface area contributed by atoms with Crippen molar-refractivity contribution in [2.45, 2.75) is 40.3 Å². The molecule has 2 rings (SSSR count). The van der Waals surface area contributed by atoms with Crippen molar-refractivity contribution in [1.29, 1.82) is 0 Å². The van der Waals surface area contributed by atoms with E-state index in [9.17, 15) is 0 Å². The largest absolute Gasteiger partial charge is 0.382 e. The number of anilines is 1. The molecule has 2 aromatic rings. The molecule has 0 aliphatic carbocycles. The number of rotatable bonds is 8. The molecule has 0 aliphatic rings. The van der Waals surface area contributed by atoms with Gasteiger partial charge in [0.25, 0.3) is 0 Å². The van der Waals surface area contributed by atoms with E-state index in [0.717, 1.165) is 50.1 Å². The number of nitrogens with zero attached hydrogens (tertiary/aromatic N) is 3. The first-order valence-electron chi connectivity index (χ1n) is 6.95. The van der Waals surface area contributed by atoms with E-state index in [1.165, 1.54) is 4.88 Å². The lowest BCUT2D eigenvalue weighted by Gasteiger charge is -2.09. The van der Waals surface area contributed by atoms with E-state index < -0.39 is 0 Å². The number of nitrogens with one attached hydrogen (secondary N) is 1. The Morgan fingerprint density at radius 3 is 2.95 bits per heavy atom. The molecule has 0 aromatic carbocycles. The predicted molar refractivity (Wildman–Crippen MR) is 82.3 cm³/mol. The van der Waals surface area contributed by atoms with Gasteiger partial charge in [-0.25, -0.2) is 9.97 Å². The van der Waals surface area contributed by atoms with E-state index >= 15 is 0 Å². The first-order chi connectivity index (χ1) is 9.70. The zero-order chi connectivity index (χ0) is 14.4. The van der Waals surface area contributed by atoms with Crippen LogP contribution in [-0.2, 0) is 17.8 Å². The van der Waals surface area contributed by atoms with Crippen LogP contribution in [0.15, 0.2) is 11.7 Å². The molecular weight excluding hydrogens is 272 g/mol. The van der Waals surface area contributed by atoms with E-state index in [1.54, 1.807) is 11.3 Å². The second kappa shape index (κ2) is 7.40. The predicted octanol–water partition coefficient (Wildman–Crippen LogP) is 3.00. The van der Waals surface area contributed by atoms with Crippen molar-refractivity contribution in [1.82, 2.24) is 14.5 Å². The molecule has 0 unspecified atom stereocenters. The minimum Gasteiger partial charge on any atom is -0.382 e. The van der Waals surface area contributed by atoms with Crippen LogP contribution in [0.1, 0.15) is 29.6 Å². The van der Waals surface area contributed by atoms with Crippen molar-refractivity contribution < 1.29 is 4.74 Å². The standard InChI is InChI=1S/C14H22N4OS/c1-4-19-7-5-6-18-9-11(2)17-14(18)15-8-13-12(3)16-10-20-13/h9-10H,4-8H2,1-3H3,(H,15,17). The molecule has 0 radical (unpaired) electrons. The summed E-state index contributed by atoms with van der Waals surface area (Å²) >= 11 is 1.68. The maximum absolute atomic E-state index is 5.38. The van der Waals surface area contributed by atoms with Crippen LogP contribution in [0, 0.1) is 13.8 Å². The highest BCUT2D eigenvalue weighted by Gasteiger charge is 2.07. The fraction of sp³-hybridized carbons (Fsp3) is 0.571. The highest BCUT2D eigenvalue weighted by molar-refractivity contribution is 7.09. The first kappa shape index (κ1) is 15.0. The van der Waals surface area contributed by atoms with E-state index in [0.29, 0.717) is 0 Å². The number of hydrogen-bond acceptors (Lipinski definition) is 5. The summed E-state index contributed by atoms with van der Waals surface area (Å²) in [5.74, 6) is 0.923. The van der Waals surface area contributed by atoms with Gasteiger partial charge in [0, 0.05) is 30.8 Å². The SMILES string of the molecule is CCOCCCn1cc(C)nc1NCc1scnc1C. The maximum atomic E-state index is 5.38. The quantitative estimate of drug-likeness (QED) is 0.760.